The first kappa shape index (κ1) is 15.5. The molecular weight excluding hydrogens is 320 g/mol. The monoisotopic (exact) mass is 338 g/mol. The molecule has 2 heterocycles. The lowest BCUT2D eigenvalue weighted by Gasteiger charge is -2.11. The fourth-order valence-electron chi connectivity index (χ4n) is 3.49. The number of carbonyl (C=O) groups excluding carboxylic acids is 2. The molecule has 25 heavy (non-hydrogen) atoms. The van der Waals surface area contributed by atoms with Gasteiger partial charge < -0.3 is 19.8 Å². The fraction of sp³-hybridized carbons (Fsp3) is 0.263. The molecular formula is C19H18N2O4. The summed E-state index contributed by atoms with van der Waals surface area (Å²) in [6, 6.07) is 9.40. The van der Waals surface area contributed by atoms with Crippen LogP contribution in [0.1, 0.15) is 24.8 Å². The fourth-order valence-corrected chi connectivity index (χ4v) is 3.49. The first-order chi connectivity index (χ1) is 12.1. The Hall–Kier alpha value is -3.02. The molecule has 1 aliphatic heterocycles. The van der Waals surface area contributed by atoms with E-state index in [0.717, 1.165) is 16.3 Å². The van der Waals surface area contributed by atoms with Crippen molar-refractivity contribution in [1.82, 2.24) is 5.32 Å². The summed E-state index contributed by atoms with van der Waals surface area (Å²) in [4.78, 5) is 23.0. The number of hydrogen-bond donors (Lipinski definition) is 2. The van der Waals surface area contributed by atoms with E-state index < -0.39 is 0 Å². The van der Waals surface area contributed by atoms with Gasteiger partial charge in [-0.15, -0.1) is 0 Å². The van der Waals surface area contributed by atoms with Crippen molar-refractivity contribution in [2.45, 2.75) is 19.3 Å². The second-order valence-corrected chi connectivity index (χ2v) is 6.26. The molecule has 6 heteroatoms. The van der Waals surface area contributed by atoms with Crippen LogP contribution in [0.4, 0.5) is 5.69 Å². The molecule has 128 valence electrons. The van der Waals surface area contributed by atoms with Crippen LogP contribution in [0, 0.1) is 0 Å². The van der Waals surface area contributed by atoms with Crippen molar-refractivity contribution in [1.29, 1.82) is 0 Å². The molecule has 1 unspecified atom stereocenters. The number of rotatable bonds is 3. The second kappa shape index (κ2) is 5.81. The van der Waals surface area contributed by atoms with Crippen LogP contribution in [0.3, 0.4) is 0 Å². The first-order valence-corrected chi connectivity index (χ1v) is 8.14. The maximum atomic E-state index is 11.7. The SMILES string of the molecule is COc1ccc(C2CNC(=O)C2)c2c1oc1ccc(NC(C)=O)cc12. The zero-order valence-corrected chi connectivity index (χ0v) is 14.0. The molecule has 0 radical (unpaired) electrons. The Bertz CT molecular complexity index is 1010. The van der Waals surface area contributed by atoms with Gasteiger partial charge in [0.2, 0.25) is 11.8 Å². The number of ether oxygens (including phenoxy) is 1. The molecule has 1 atom stereocenters. The number of fused-ring (bicyclic) bond motifs is 3. The zero-order valence-electron chi connectivity index (χ0n) is 14.0. The molecule has 6 nitrogen and oxygen atoms in total. The molecule has 1 saturated heterocycles. The first-order valence-electron chi connectivity index (χ1n) is 8.14. The Balaban J connectivity index is 1.98. The number of methoxy groups -OCH3 is 1. The Morgan fingerprint density at radius 2 is 2.16 bits per heavy atom. The van der Waals surface area contributed by atoms with Crippen molar-refractivity contribution in [2.75, 3.05) is 19.0 Å². The third kappa shape index (κ3) is 2.59. The molecule has 2 N–H and O–H groups in total. The topological polar surface area (TPSA) is 80.6 Å². The van der Waals surface area contributed by atoms with Crippen molar-refractivity contribution >= 4 is 39.4 Å². The van der Waals surface area contributed by atoms with Gasteiger partial charge in [0.05, 0.1) is 7.11 Å². The number of nitrogens with one attached hydrogen (secondary N) is 2. The zero-order chi connectivity index (χ0) is 17.6. The molecule has 1 aliphatic rings. The standard InChI is InChI=1S/C19H18N2O4/c1-10(22)21-12-3-5-15-14(8-12)18-13(11-7-17(23)20-9-11)4-6-16(24-2)19(18)25-15/h3-6,8,11H,7,9H2,1-2H3,(H,20,23)(H,21,22). The van der Waals surface area contributed by atoms with Gasteiger partial charge in [-0.25, -0.2) is 0 Å². The molecule has 2 aromatic carbocycles. The summed E-state index contributed by atoms with van der Waals surface area (Å²) in [5.74, 6) is 0.663. The van der Waals surface area contributed by atoms with E-state index in [1.165, 1.54) is 6.92 Å². The quantitative estimate of drug-likeness (QED) is 0.769. The van der Waals surface area contributed by atoms with Gasteiger partial charge in [0.15, 0.2) is 11.3 Å². The maximum Gasteiger partial charge on any atom is 0.221 e. The maximum absolute atomic E-state index is 11.7. The van der Waals surface area contributed by atoms with Crippen LogP contribution in [0.15, 0.2) is 34.7 Å². The third-order valence-electron chi connectivity index (χ3n) is 4.57. The van der Waals surface area contributed by atoms with E-state index in [-0.39, 0.29) is 17.7 Å². The molecule has 4 rings (SSSR count). The highest BCUT2D eigenvalue weighted by atomic mass is 16.5. The summed E-state index contributed by atoms with van der Waals surface area (Å²) in [6.45, 7) is 2.08. The molecule has 3 aromatic rings. The van der Waals surface area contributed by atoms with E-state index in [2.05, 4.69) is 10.6 Å². The van der Waals surface area contributed by atoms with Crippen molar-refractivity contribution < 1.29 is 18.7 Å². The smallest absolute Gasteiger partial charge is 0.221 e. The minimum atomic E-state index is -0.129. The predicted molar refractivity (Wildman–Crippen MR) is 94.9 cm³/mol. The van der Waals surface area contributed by atoms with Crippen LogP contribution < -0.4 is 15.4 Å². The van der Waals surface area contributed by atoms with Gasteiger partial charge in [-0.2, -0.15) is 0 Å². The summed E-state index contributed by atoms with van der Waals surface area (Å²) < 4.78 is 11.5. The number of benzene rings is 2. The molecule has 1 aromatic heterocycles. The molecule has 0 saturated carbocycles. The van der Waals surface area contributed by atoms with Crippen LogP contribution in [-0.2, 0) is 9.59 Å². The van der Waals surface area contributed by atoms with Crippen molar-refractivity contribution in [3.8, 4) is 5.75 Å². The van der Waals surface area contributed by atoms with E-state index in [4.69, 9.17) is 9.15 Å². The second-order valence-electron chi connectivity index (χ2n) is 6.26. The summed E-state index contributed by atoms with van der Waals surface area (Å²) in [5.41, 5.74) is 3.13. The van der Waals surface area contributed by atoms with Crippen molar-refractivity contribution in [3.63, 3.8) is 0 Å². The highest BCUT2D eigenvalue weighted by molar-refractivity contribution is 6.10. The van der Waals surface area contributed by atoms with Gasteiger partial charge >= 0.3 is 0 Å². The van der Waals surface area contributed by atoms with Gasteiger partial charge in [0.25, 0.3) is 0 Å². The molecule has 1 fully saturated rings. The van der Waals surface area contributed by atoms with Gasteiger partial charge in [-0.1, -0.05) is 6.07 Å². The Morgan fingerprint density at radius 1 is 1.32 bits per heavy atom. The van der Waals surface area contributed by atoms with Gasteiger partial charge in [0, 0.05) is 42.3 Å². The van der Waals surface area contributed by atoms with Crippen LogP contribution in [0.2, 0.25) is 0 Å². The Labute approximate surface area is 144 Å². The molecule has 0 bridgehead atoms. The predicted octanol–water partition coefficient (Wildman–Crippen LogP) is 3.16. The normalized spacial score (nSPS) is 17.0. The van der Waals surface area contributed by atoms with Crippen molar-refractivity contribution in [2.24, 2.45) is 0 Å². The average Bonchev–Trinajstić information content (AvgIpc) is 3.17. The van der Waals surface area contributed by atoms with Crippen LogP contribution in [0.5, 0.6) is 5.75 Å². The van der Waals surface area contributed by atoms with Crippen LogP contribution in [0.25, 0.3) is 21.9 Å². The van der Waals surface area contributed by atoms with E-state index in [9.17, 15) is 9.59 Å². The van der Waals surface area contributed by atoms with Crippen LogP contribution in [-0.4, -0.2) is 25.5 Å². The summed E-state index contributed by atoms with van der Waals surface area (Å²) in [7, 11) is 1.60. The molecule has 0 aliphatic carbocycles. The number of amides is 2. The largest absolute Gasteiger partial charge is 0.493 e. The Morgan fingerprint density at radius 3 is 2.84 bits per heavy atom. The summed E-state index contributed by atoms with van der Waals surface area (Å²) in [5, 5.41) is 7.51. The number of carbonyl (C=O) groups is 2. The summed E-state index contributed by atoms with van der Waals surface area (Å²) in [6.07, 6.45) is 0.458. The highest BCUT2D eigenvalue weighted by Gasteiger charge is 2.27. The lowest BCUT2D eigenvalue weighted by Crippen LogP contribution is -2.13. The summed E-state index contributed by atoms with van der Waals surface area (Å²) >= 11 is 0. The molecule has 0 spiro atoms. The lowest BCUT2D eigenvalue weighted by atomic mass is 9.93. The van der Waals surface area contributed by atoms with E-state index >= 15 is 0 Å². The van der Waals surface area contributed by atoms with Gasteiger partial charge in [0.1, 0.15) is 5.58 Å². The van der Waals surface area contributed by atoms with Gasteiger partial charge in [-0.05, 0) is 29.8 Å². The van der Waals surface area contributed by atoms with Crippen molar-refractivity contribution in [3.05, 3.63) is 35.9 Å². The van der Waals surface area contributed by atoms with Gasteiger partial charge in [-0.3, -0.25) is 9.59 Å². The minimum absolute atomic E-state index is 0.0562. The minimum Gasteiger partial charge on any atom is -0.493 e. The van der Waals surface area contributed by atoms with E-state index in [1.807, 2.05) is 24.3 Å². The van der Waals surface area contributed by atoms with Crippen LogP contribution >= 0.6 is 0 Å². The van der Waals surface area contributed by atoms with E-state index in [0.29, 0.717) is 35.6 Å². The average molecular weight is 338 g/mol. The molecule has 2 amide bonds. The lowest BCUT2D eigenvalue weighted by molar-refractivity contribution is -0.119. The number of anilines is 1. The number of hydrogen-bond acceptors (Lipinski definition) is 4. The Kier molecular flexibility index (Phi) is 3.60. The van der Waals surface area contributed by atoms with E-state index in [1.54, 1.807) is 13.2 Å². The number of furan rings is 1. The highest BCUT2D eigenvalue weighted by Crippen LogP contribution is 2.41. The third-order valence-corrected chi connectivity index (χ3v) is 4.57.